The summed E-state index contributed by atoms with van der Waals surface area (Å²) in [4.78, 5) is 2.48. The summed E-state index contributed by atoms with van der Waals surface area (Å²) in [5, 5.41) is 5.12. The second kappa shape index (κ2) is 7.21. The summed E-state index contributed by atoms with van der Waals surface area (Å²) in [5.74, 6) is 1.28. The average molecular weight is 329 g/mol. The van der Waals surface area contributed by atoms with Crippen LogP contribution >= 0.6 is 23.2 Å². The van der Waals surface area contributed by atoms with Crippen LogP contribution in [0.2, 0.25) is 10.0 Å². The second-order valence-electron chi connectivity index (χ2n) is 6.83. The molecule has 21 heavy (non-hydrogen) atoms. The zero-order valence-corrected chi connectivity index (χ0v) is 14.9. The standard InChI is InChI=1S/C17H26Cl2N2/c1-11(2)5-15-10-21(17(9-20-15)12(3)4)16-7-13(18)6-14(19)8-16/h6-8,11-12,15,17,20H,5,9-10H2,1-4H3. The van der Waals surface area contributed by atoms with E-state index in [9.17, 15) is 0 Å². The summed E-state index contributed by atoms with van der Waals surface area (Å²) >= 11 is 12.4. The first-order valence-electron chi connectivity index (χ1n) is 7.83. The van der Waals surface area contributed by atoms with Crippen molar-refractivity contribution in [2.24, 2.45) is 11.8 Å². The Morgan fingerprint density at radius 2 is 1.76 bits per heavy atom. The first-order valence-corrected chi connectivity index (χ1v) is 8.58. The van der Waals surface area contributed by atoms with Crippen molar-refractivity contribution >= 4 is 28.9 Å². The van der Waals surface area contributed by atoms with Gasteiger partial charge >= 0.3 is 0 Å². The van der Waals surface area contributed by atoms with Gasteiger partial charge < -0.3 is 10.2 Å². The highest BCUT2D eigenvalue weighted by atomic mass is 35.5. The molecule has 2 rings (SSSR count). The number of anilines is 1. The van der Waals surface area contributed by atoms with Crippen molar-refractivity contribution in [2.75, 3.05) is 18.0 Å². The molecule has 2 atom stereocenters. The molecule has 1 aliphatic rings. The van der Waals surface area contributed by atoms with E-state index in [1.54, 1.807) is 6.07 Å². The predicted molar refractivity (Wildman–Crippen MR) is 93.7 cm³/mol. The normalized spacial score (nSPS) is 23.1. The molecule has 1 aliphatic heterocycles. The van der Waals surface area contributed by atoms with Crippen LogP contribution in [0, 0.1) is 11.8 Å². The van der Waals surface area contributed by atoms with Crippen molar-refractivity contribution in [2.45, 2.75) is 46.2 Å². The van der Waals surface area contributed by atoms with Crippen molar-refractivity contribution in [3.05, 3.63) is 28.2 Å². The van der Waals surface area contributed by atoms with Gasteiger partial charge in [-0.05, 0) is 36.5 Å². The molecule has 0 aromatic heterocycles. The molecule has 4 heteroatoms. The predicted octanol–water partition coefficient (Wildman–Crippen LogP) is 4.84. The highest BCUT2D eigenvalue weighted by Gasteiger charge is 2.30. The van der Waals surface area contributed by atoms with Gasteiger partial charge in [0.2, 0.25) is 0 Å². The van der Waals surface area contributed by atoms with E-state index in [4.69, 9.17) is 23.2 Å². The van der Waals surface area contributed by atoms with Crippen molar-refractivity contribution < 1.29 is 0 Å². The number of hydrogen-bond acceptors (Lipinski definition) is 2. The van der Waals surface area contributed by atoms with Crippen molar-refractivity contribution in [3.63, 3.8) is 0 Å². The molecule has 1 heterocycles. The molecule has 0 saturated carbocycles. The van der Waals surface area contributed by atoms with E-state index < -0.39 is 0 Å². The molecule has 0 bridgehead atoms. The van der Waals surface area contributed by atoms with E-state index in [-0.39, 0.29) is 0 Å². The van der Waals surface area contributed by atoms with Gasteiger partial charge in [-0.2, -0.15) is 0 Å². The minimum absolute atomic E-state index is 0.475. The van der Waals surface area contributed by atoms with Gasteiger partial charge in [-0.25, -0.2) is 0 Å². The van der Waals surface area contributed by atoms with Gasteiger partial charge in [0.15, 0.2) is 0 Å². The topological polar surface area (TPSA) is 15.3 Å². The molecule has 1 N–H and O–H groups in total. The summed E-state index contributed by atoms with van der Waals surface area (Å²) < 4.78 is 0. The third-order valence-electron chi connectivity index (χ3n) is 4.14. The number of halogens is 2. The summed E-state index contributed by atoms with van der Waals surface area (Å²) in [6.45, 7) is 11.1. The van der Waals surface area contributed by atoms with Crippen LogP contribution in [-0.2, 0) is 0 Å². The highest BCUT2D eigenvalue weighted by Crippen LogP contribution is 2.30. The SMILES string of the molecule is CC(C)CC1CN(c2cc(Cl)cc(Cl)c2)C(C(C)C)CN1. The molecule has 0 radical (unpaired) electrons. The number of piperazine rings is 1. The van der Waals surface area contributed by atoms with Crippen LogP contribution in [0.5, 0.6) is 0 Å². The van der Waals surface area contributed by atoms with Crippen LogP contribution in [0.1, 0.15) is 34.1 Å². The maximum atomic E-state index is 6.19. The van der Waals surface area contributed by atoms with Crippen LogP contribution in [0.25, 0.3) is 0 Å². The van der Waals surface area contributed by atoms with Gasteiger partial charge in [-0.3, -0.25) is 0 Å². The quantitative estimate of drug-likeness (QED) is 0.850. The Bertz CT molecular complexity index is 454. The van der Waals surface area contributed by atoms with Gasteiger partial charge in [0, 0.05) is 40.9 Å². The van der Waals surface area contributed by atoms with Gasteiger partial charge in [-0.1, -0.05) is 50.9 Å². The molecule has 2 unspecified atom stereocenters. The zero-order valence-electron chi connectivity index (χ0n) is 13.4. The molecule has 1 aromatic carbocycles. The molecule has 2 nitrogen and oxygen atoms in total. The fraction of sp³-hybridized carbons (Fsp3) is 0.647. The molecule has 1 saturated heterocycles. The Kier molecular flexibility index (Phi) is 5.81. The number of benzene rings is 1. The largest absolute Gasteiger partial charge is 0.365 e. The summed E-state index contributed by atoms with van der Waals surface area (Å²) in [5.41, 5.74) is 1.14. The Labute approximate surface area is 138 Å². The molecule has 1 aromatic rings. The van der Waals surface area contributed by atoms with Crippen molar-refractivity contribution in [1.29, 1.82) is 0 Å². The molecular weight excluding hydrogens is 303 g/mol. The van der Waals surface area contributed by atoms with E-state index >= 15 is 0 Å². The Morgan fingerprint density at radius 3 is 2.29 bits per heavy atom. The molecule has 0 aliphatic carbocycles. The first-order chi connectivity index (χ1) is 9.86. The minimum Gasteiger partial charge on any atom is -0.365 e. The van der Waals surface area contributed by atoms with E-state index in [0.717, 1.165) is 18.8 Å². The minimum atomic E-state index is 0.475. The van der Waals surface area contributed by atoms with E-state index in [0.29, 0.717) is 34.0 Å². The summed E-state index contributed by atoms with van der Waals surface area (Å²) in [7, 11) is 0. The molecular formula is C17H26Cl2N2. The van der Waals surface area contributed by atoms with Crippen LogP contribution < -0.4 is 10.2 Å². The smallest absolute Gasteiger partial charge is 0.0441 e. The number of hydrogen-bond donors (Lipinski definition) is 1. The number of nitrogens with one attached hydrogen (secondary N) is 1. The van der Waals surface area contributed by atoms with E-state index in [1.165, 1.54) is 6.42 Å². The second-order valence-corrected chi connectivity index (χ2v) is 7.70. The van der Waals surface area contributed by atoms with Gasteiger partial charge in [0.05, 0.1) is 0 Å². The number of rotatable bonds is 4. The lowest BCUT2D eigenvalue weighted by atomic mass is 9.94. The van der Waals surface area contributed by atoms with Gasteiger partial charge in [-0.15, -0.1) is 0 Å². The highest BCUT2D eigenvalue weighted by molar-refractivity contribution is 6.35. The maximum absolute atomic E-state index is 6.19. The monoisotopic (exact) mass is 328 g/mol. The molecule has 0 spiro atoms. The Hall–Kier alpha value is -0.440. The summed E-state index contributed by atoms with van der Waals surface area (Å²) in [6.07, 6.45) is 1.19. The third kappa shape index (κ3) is 4.51. The number of nitrogens with zero attached hydrogens (tertiary/aromatic N) is 1. The molecule has 0 amide bonds. The zero-order chi connectivity index (χ0) is 15.6. The van der Waals surface area contributed by atoms with Crippen LogP contribution in [0.15, 0.2) is 18.2 Å². The van der Waals surface area contributed by atoms with E-state index in [1.807, 2.05) is 12.1 Å². The average Bonchev–Trinajstić information content (AvgIpc) is 2.36. The summed E-state index contributed by atoms with van der Waals surface area (Å²) in [6, 6.07) is 6.85. The lowest BCUT2D eigenvalue weighted by Crippen LogP contribution is -2.58. The Morgan fingerprint density at radius 1 is 1.14 bits per heavy atom. The fourth-order valence-corrected chi connectivity index (χ4v) is 3.67. The van der Waals surface area contributed by atoms with Crippen molar-refractivity contribution in [3.8, 4) is 0 Å². The maximum Gasteiger partial charge on any atom is 0.0441 e. The molecule has 1 fully saturated rings. The van der Waals surface area contributed by atoms with Crippen LogP contribution in [0.3, 0.4) is 0 Å². The third-order valence-corrected chi connectivity index (χ3v) is 4.57. The lowest BCUT2D eigenvalue weighted by molar-refractivity contribution is 0.310. The Balaban J connectivity index is 2.24. The van der Waals surface area contributed by atoms with E-state index in [2.05, 4.69) is 37.9 Å². The van der Waals surface area contributed by atoms with Crippen LogP contribution in [0.4, 0.5) is 5.69 Å². The van der Waals surface area contributed by atoms with Gasteiger partial charge in [0.1, 0.15) is 0 Å². The lowest BCUT2D eigenvalue weighted by Gasteiger charge is -2.44. The van der Waals surface area contributed by atoms with Crippen molar-refractivity contribution in [1.82, 2.24) is 5.32 Å². The first kappa shape index (κ1) is 16.9. The van der Waals surface area contributed by atoms with Crippen LogP contribution in [-0.4, -0.2) is 25.2 Å². The molecule has 118 valence electrons. The fourth-order valence-electron chi connectivity index (χ4n) is 3.16. The van der Waals surface area contributed by atoms with Gasteiger partial charge in [0.25, 0.3) is 0 Å².